The lowest BCUT2D eigenvalue weighted by molar-refractivity contribution is -0.138. The molecule has 1 fully saturated rings. The fourth-order valence-corrected chi connectivity index (χ4v) is 5.98. The van der Waals surface area contributed by atoms with Crippen molar-refractivity contribution in [3.05, 3.63) is 64.1 Å². The van der Waals surface area contributed by atoms with Crippen molar-refractivity contribution >= 4 is 17.6 Å². The molecule has 0 amide bonds. The summed E-state index contributed by atoms with van der Waals surface area (Å²) in [6, 6.07) is 6.29. The fraction of sp³-hybridized carbons (Fsp3) is 0.571. The number of allylic oxidation sites excluding steroid dienone is 5. The first-order chi connectivity index (χ1) is 16.8. The molecule has 3 rings (SSSR count). The number of likely N-dealkylation sites (tertiary alicyclic amines) is 1. The number of nitrogens with zero attached hydrogens (tertiary/aromatic N) is 2. The van der Waals surface area contributed by atoms with E-state index in [2.05, 4.69) is 32.9 Å². The van der Waals surface area contributed by atoms with Gasteiger partial charge in [0.2, 0.25) is 0 Å². The Morgan fingerprint density at radius 1 is 1.11 bits per heavy atom. The number of hydrogen-bond donors (Lipinski definition) is 0. The Balaban J connectivity index is 1.95. The highest BCUT2D eigenvalue weighted by Gasteiger charge is 2.46. The summed E-state index contributed by atoms with van der Waals surface area (Å²) in [6.45, 7) is 11.5. The summed E-state index contributed by atoms with van der Waals surface area (Å²) in [7, 11) is 0. The minimum absolute atomic E-state index is 0.00129. The lowest BCUT2D eigenvalue weighted by Crippen LogP contribution is -2.45. The number of piperidine rings is 1. The van der Waals surface area contributed by atoms with Crippen molar-refractivity contribution in [3.63, 3.8) is 0 Å². The van der Waals surface area contributed by atoms with E-state index in [1.807, 2.05) is 22.2 Å². The maximum atomic E-state index is 15.0. The predicted octanol–water partition coefficient (Wildman–Crippen LogP) is 8.76. The first-order valence-corrected chi connectivity index (χ1v) is 13.3. The fourth-order valence-electron chi connectivity index (χ4n) is 4.83. The molecule has 0 bridgehead atoms. The minimum atomic E-state index is -4.17. The molecule has 0 radical (unpaired) electrons. The molecule has 0 unspecified atom stereocenters. The second kappa shape index (κ2) is 11.3. The van der Waals surface area contributed by atoms with E-state index in [0.29, 0.717) is 38.9 Å². The van der Waals surface area contributed by atoms with Crippen molar-refractivity contribution in [1.29, 1.82) is 0 Å². The Morgan fingerprint density at radius 2 is 1.78 bits per heavy atom. The average Bonchev–Trinajstić information content (AvgIpc) is 3.11. The maximum Gasteiger partial charge on any atom is 0.390 e. The smallest absolute Gasteiger partial charge is 0.311 e. The SMILES string of the molecule is C\C=C(F)/C(SN1CC2(CCN(CCC(F)(F)F)CC2)c2cc(C(C)(C)C)ccc21)=C(F)\C=C/CC. The normalized spacial score (nSPS) is 19.8. The number of hydrogen-bond acceptors (Lipinski definition) is 3. The first-order valence-electron chi connectivity index (χ1n) is 12.6. The Labute approximate surface area is 216 Å². The zero-order chi connectivity index (χ0) is 26.7. The Hall–Kier alpha value is -1.80. The summed E-state index contributed by atoms with van der Waals surface area (Å²) in [6.07, 6.45) is 1.28. The maximum absolute atomic E-state index is 15.0. The molecule has 1 aromatic rings. The van der Waals surface area contributed by atoms with Crippen LogP contribution in [0.25, 0.3) is 0 Å². The highest BCUT2D eigenvalue weighted by atomic mass is 32.2. The van der Waals surface area contributed by atoms with Gasteiger partial charge in [0.15, 0.2) is 0 Å². The van der Waals surface area contributed by atoms with Crippen LogP contribution < -0.4 is 4.31 Å². The summed E-state index contributed by atoms with van der Waals surface area (Å²) in [5.41, 5.74) is 2.86. The van der Waals surface area contributed by atoms with Crippen LogP contribution in [0.2, 0.25) is 0 Å². The van der Waals surface area contributed by atoms with Crippen molar-refractivity contribution in [2.45, 2.75) is 77.3 Å². The third kappa shape index (κ3) is 6.74. The molecule has 200 valence electrons. The van der Waals surface area contributed by atoms with Crippen LogP contribution in [-0.4, -0.2) is 37.3 Å². The summed E-state index contributed by atoms with van der Waals surface area (Å²) in [5, 5.41) is 0. The molecule has 1 aromatic carbocycles. The van der Waals surface area contributed by atoms with E-state index in [-0.39, 0.29) is 22.3 Å². The monoisotopic (exact) mass is 528 g/mol. The molecule has 36 heavy (non-hydrogen) atoms. The number of anilines is 1. The van der Waals surface area contributed by atoms with E-state index in [1.165, 1.54) is 17.7 Å². The Morgan fingerprint density at radius 3 is 2.33 bits per heavy atom. The van der Waals surface area contributed by atoms with Crippen LogP contribution in [0.1, 0.15) is 71.4 Å². The van der Waals surface area contributed by atoms with Crippen LogP contribution in [0.5, 0.6) is 0 Å². The zero-order valence-corrected chi connectivity index (χ0v) is 22.6. The third-order valence-corrected chi connectivity index (χ3v) is 8.18. The number of rotatable bonds is 7. The van der Waals surface area contributed by atoms with E-state index < -0.39 is 24.3 Å². The van der Waals surface area contributed by atoms with Gasteiger partial charge in [-0.15, -0.1) is 0 Å². The number of halogens is 5. The molecule has 0 atom stereocenters. The van der Waals surface area contributed by atoms with Gasteiger partial charge in [-0.25, -0.2) is 8.78 Å². The largest absolute Gasteiger partial charge is 0.390 e. The average molecular weight is 529 g/mol. The molecule has 0 aromatic heterocycles. The van der Waals surface area contributed by atoms with E-state index >= 15 is 0 Å². The Bertz CT molecular complexity index is 1010. The van der Waals surface area contributed by atoms with Crippen molar-refractivity contribution < 1.29 is 22.0 Å². The van der Waals surface area contributed by atoms with Gasteiger partial charge >= 0.3 is 6.18 Å². The van der Waals surface area contributed by atoms with Gasteiger partial charge < -0.3 is 9.21 Å². The van der Waals surface area contributed by atoms with Crippen LogP contribution in [0, 0.1) is 0 Å². The summed E-state index contributed by atoms with van der Waals surface area (Å²) < 4.78 is 70.0. The molecule has 1 saturated heterocycles. The van der Waals surface area contributed by atoms with Crippen molar-refractivity contribution in [1.82, 2.24) is 4.90 Å². The Kier molecular flexibility index (Phi) is 9.03. The summed E-state index contributed by atoms with van der Waals surface area (Å²) >= 11 is 1.06. The molecule has 2 aliphatic heterocycles. The van der Waals surface area contributed by atoms with Crippen molar-refractivity contribution in [3.8, 4) is 0 Å². The van der Waals surface area contributed by atoms with E-state index in [0.717, 1.165) is 23.2 Å². The quantitative estimate of drug-likeness (QED) is 0.198. The van der Waals surface area contributed by atoms with Crippen molar-refractivity contribution in [2.24, 2.45) is 0 Å². The van der Waals surface area contributed by atoms with Crippen LogP contribution in [0.15, 0.2) is 53.0 Å². The van der Waals surface area contributed by atoms with Gasteiger partial charge in [0, 0.05) is 18.5 Å². The van der Waals surface area contributed by atoms with Crippen molar-refractivity contribution in [2.75, 3.05) is 30.5 Å². The minimum Gasteiger partial charge on any atom is -0.311 e. The number of alkyl halides is 3. The van der Waals surface area contributed by atoms with Crippen LogP contribution in [0.3, 0.4) is 0 Å². The van der Waals surface area contributed by atoms with E-state index in [1.54, 1.807) is 13.0 Å². The third-order valence-electron chi connectivity index (χ3n) is 7.06. The van der Waals surface area contributed by atoms with Gasteiger partial charge in [-0.1, -0.05) is 52.0 Å². The van der Waals surface area contributed by atoms with Gasteiger partial charge in [-0.3, -0.25) is 0 Å². The van der Waals surface area contributed by atoms with E-state index in [4.69, 9.17) is 0 Å². The lowest BCUT2D eigenvalue weighted by Gasteiger charge is -2.40. The molecular weight excluding hydrogens is 491 g/mol. The number of benzene rings is 1. The summed E-state index contributed by atoms with van der Waals surface area (Å²) in [5.74, 6) is -1.23. The van der Waals surface area contributed by atoms with E-state index in [9.17, 15) is 22.0 Å². The topological polar surface area (TPSA) is 6.48 Å². The second-order valence-electron chi connectivity index (χ2n) is 10.7. The molecule has 0 saturated carbocycles. The summed E-state index contributed by atoms with van der Waals surface area (Å²) in [4.78, 5) is 1.81. The zero-order valence-electron chi connectivity index (χ0n) is 21.8. The molecule has 2 nitrogen and oxygen atoms in total. The molecule has 8 heteroatoms. The molecule has 0 aliphatic carbocycles. The standard InChI is InChI=1S/C28H37F5N2S/c1-6-8-9-23(30)25(22(29)7-2)36-35-19-27(12-15-34(16-13-27)17-14-28(31,32)33)21-18-20(26(3,4)5)10-11-24(21)35/h7-11,18H,6,12-17,19H2,1-5H3/b9-8-,22-7+,25-23-. The molecular formula is C28H37F5N2S. The van der Waals surface area contributed by atoms with Gasteiger partial charge in [0.25, 0.3) is 0 Å². The second-order valence-corrected chi connectivity index (χ2v) is 11.8. The van der Waals surface area contributed by atoms with Gasteiger partial charge in [-0.2, -0.15) is 13.2 Å². The van der Waals surface area contributed by atoms with Gasteiger partial charge in [-0.05, 0) is 79.9 Å². The highest BCUT2D eigenvalue weighted by molar-refractivity contribution is 8.04. The van der Waals surface area contributed by atoms with Crippen LogP contribution in [-0.2, 0) is 10.8 Å². The van der Waals surface area contributed by atoms with Gasteiger partial charge in [0.1, 0.15) is 11.7 Å². The highest BCUT2D eigenvalue weighted by Crippen LogP contribution is 2.52. The van der Waals surface area contributed by atoms with Gasteiger partial charge in [0.05, 0.1) is 17.0 Å². The molecule has 1 spiro atoms. The predicted molar refractivity (Wildman–Crippen MR) is 141 cm³/mol. The van der Waals surface area contributed by atoms with Crippen LogP contribution in [0.4, 0.5) is 27.6 Å². The number of fused-ring (bicyclic) bond motifs is 2. The molecule has 0 N–H and O–H groups in total. The molecule has 2 aliphatic rings. The van der Waals surface area contributed by atoms with Crippen LogP contribution >= 0.6 is 11.9 Å². The first kappa shape index (κ1) is 28.8. The molecule has 2 heterocycles. The lowest BCUT2D eigenvalue weighted by atomic mass is 9.72.